The molecular formula is C20H19N3O3S. The van der Waals surface area contributed by atoms with Gasteiger partial charge >= 0.3 is 0 Å². The van der Waals surface area contributed by atoms with Gasteiger partial charge < -0.3 is 9.64 Å². The van der Waals surface area contributed by atoms with E-state index in [4.69, 9.17) is 4.74 Å². The Hall–Kier alpha value is -2.54. The second-order valence-electron chi connectivity index (χ2n) is 7.03. The summed E-state index contributed by atoms with van der Waals surface area (Å²) < 4.78 is 5.92. The van der Waals surface area contributed by atoms with Crippen LogP contribution in [0.5, 0.6) is 5.88 Å². The van der Waals surface area contributed by atoms with Crippen molar-refractivity contribution in [2.24, 2.45) is 0 Å². The summed E-state index contributed by atoms with van der Waals surface area (Å²) in [4.78, 5) is 34.0. The molecule has 5 rings (SSSR count). The summed E-state index contributed by atoms with van der Waals surface area (Å²) in [6.45, 7) is 1.16. The number of ether oxygens (including phenoxy) is 1. The molecule has 2 saturated heterocycles. The monoisotopic (exact) mass is 381 g/mol. The maximum absolute atomic E-state index is 13.5. The highest BCUT2D eigenvalue weighted by atomic mass is 32.2. The van der Waals surface area contributed by atoms with Crippen LogP contribution in [-0.4, -0.2) is 45.8 Å². The number of hydrogen-bond acceptors (Lipinski definition) is 5. The van der Waals surface area contributed by atoms with Crippen LogP contribution in [-0.2, 0) is 9.59 Å². The molecule has 27 heavy (non-hydrogen) atoms. The van der Waals surface area contributed by atoms with E-state index in [-0.39, 0.29) is 17.9 Å². The molecule has 3 aliphatic heterocycles. The average molecular weight is 381 g/mol. The molecule has 1 aromatic carbocycles. The van der Waals surface area contributed by atoms with Crippen LogP contribution in [0.15, 0.2) is 53.6 Å². The largest absolute Gasteiger partial charge is 0.472 e. The topological polar surface area (TPSA) is 62.7 Å². The van der Waals surface area contributed by atoms with E-state index in [1.807, 2.05) is 47.4 Å². The molecule has 4 heterocycles. The molecule has 2 amide bonds. The van der Waals surface area contributed by atoms with Crippen molar-refractivity contribution < 1.29 is 14.3 Å². The van der Waals surface area contributed by atoms with Crippen LogP contribution in [0.3, 0.4) is 0 Å². The van der Waals surface area contributed by atoms with Gasteiger partial charge in [-0.3, -0.25) is 14.5 Å². The van der Waals surface area contributed by atoms with E-state index in [2.05, 4.69) is 4.98 Å². The first-order chi connectivity index (χ1) is 13.2. The lowest BCUT2D eigenvalue weighted by molar-refractivity contribution is -0.133. The number of pyridine rings is 1. The number of fused-ring (bicyclic) bond motifs is 3. The van der Waals surface area contributed by atoms with Crippen LogP contribution in [0.4, 0.5) is 5.69 Å². The third kappa shape index (κ3) is 2.60. The fraction of sp³-hybridized carbons (Fsp3) is 0.350. The zero-order valence-corrected chi connectivity index (χ0v) is 15.5. The Morgan fingerprint density at radius 1 is 1.22 bits per heavy atom. The highest BCUT2D eigenvalue weighted by Gasteiger charge is 2.59. The van der Waals surface area contributed by atoms with Crippen molar-refractivity contribution in [3.63, 3.8) is 0 Å². The van der Waals surface area contributed by atoms with Crippen LogP contribution in [0.25, 0.3) is 0 Å². The number of rotatable bonds is 3. The third-order valence-corrected chi connectivity index (χ3v) is 6.83. The summed E-state index contributed by atoms with van der Waals surface area (Å²) in [6.07, 6.45) is 3.35. The number of nitrogens with zero attached hydrogens (tertiary/aromatic N) is 3. The number of aromatic nitrogens is 1. The number of likely N-dealkylation sites (tertiary alicyclic amines) is 1. The Balaban J connectivity index is 1.36. The van der Waals surface area contributed by atoms with Crippen LogP contribution in [0, 0.1) is 0 Å². The van der Waals surface area contributed by atoms with Gasteiger partial charge in [0, 0.05) is 36.5 Å². The van der Waals surface area contributed by atoms with Crippen molar-refractivity contribution in [3.05, 3.63) is 48.7 Å². The van der Waals surface area contributed by atoms with Crippen molar-refractivity contribution in [2.75, 3.05) is 18.0 Å². The molecule has 3 aliphatic rings. The summed E-state index contributed by atoms with van der Waals surface area (Å²) >= 11 is 1.52. The first kappa shape index (κ1) is 16.6. The van der Waals surface area contributed by atoms with Gasteiger partial charge in [0.25, 0.3) is 5.91 Å². The number of thioether (sulfide) groups is 1. The number of amides is 2. The van der Waals surface area contributed by atoms with Crippen LogP contribution >= 0.6 is 11.8 Å². The molecule has 0 aliphatic carbocycles. The molecule has 2 unspecified atom stereocenters. The SMILES string of the molecule is O=C1CCC2(C(=O)N3CCC(Oc4ccccn4)C3)Sc3ccccc3N12. The van der Waals surface area contributed by atoms with Gasteiger partial charge in [0.05, 0.1) is 12.2 Å². The minimum Gasteiger partial charge on any atom is -0.472 e. The predicted molar refractivity (Wildman–Crippen MR) is 102 cm³/mol. The Morgan fingerprint density at radius 2 is 2.07 bits per heavy atom. The lowest BCUT2D eigenvalue weighted by atomic mass is 10.1. The van der Waals surface area contributed by atoms with E-state index >= 15 is 0 Å². The molecule has 0 spiro atoms. The predicted octanol–water partition coefficient (Wildman–Crippen LogP) is 2.69. The Kier molecular flexibility index (Phi) is 3.86. The summed E-state index contributed by atoms with van der Waals surface area (Å²) in [5.41, 5.74) is 0.860. The van der Waals surface area contributed by atoms with Crippen molar-refractivity contribution in [1.82, 2.24) is 9.88 Å². The number of anilines is 1. The minimum atomic E-state index is -0.833. The molecule has 6 nitrogen and oxygen atoms in total. The summed E-state index contributed by atoms with van der Waals surface area (Å²) in [5.74, 6) is 0.623. The second-order valence-corrected chi connectivity index (χ2v) is 8.35. The molecule has 2 atom stereocenters. The molecule has 138 valence electrons. The van der Waals surface area contributed by atoms with Crippen LogP contribution in [0.1, 0.15) is 19.3 Å². The number of carbonyl (C=O) groups excluding carboxylic acids is 2. The van der Waals surface area contributed by atoms with E-state index < -0.39 is 4.87 Å². The molecule has 0 bridgehead atoms. The number of hydrogen-bond donors (Lipinski definition) is 0. The van der Waals surface area contributed by atoms with Gasteiger partial charge in [-0.05, 0) is 24.6 Å². The zero-order chi connectivity index (χ0) is 18.4. The van der Waals surface area contributed by atoms with E-state index in [1.165, 1.54) is 11.8 Å². The lowest BCUT2D eigenvalue weighted by Crippen LogP contribution is -2.53. The van der Waals surface area contributed by atoms with E-state index in [9.17, 15) is 9.59 Å². The Labute approximate surface area is 161 Å². The highest BCUT2D eigenvalue weighted by Crippen LogP contribution is 2.56. The van der Waals surface area contributed by atoms with E-state index in [0.717, 1.165) is 17.0 Å². The molecular weight excluding hydrogens is 362 g/mol. The zero-order valence-electron chi connectivity index (χ0n) is 14.7. The fourth-order valence-corrected chi connectivity index (χ4v) is 5.61. The second kappa shape index (κ2) is 6.27. The van der Waals surface area contributed by atoms with Crippen LogP contribution < -0.4 is 9.64 Å². The molecule has 2 aromatic rings. The molecule has 2 fully saturated rings. The highest BCUT2D eigenvalue weighted by molar-refractivity contribution is 8.02. The Morgan fingerprint density at radius 3 is 2.93 bits per heavy atom. The summed E-state index contributed by atoms with van der Waals surface area (Å²) in [7, 11) is 0. The summed E-state index contributed by atoms with van der Waals surface area (Å²) in [5, 5.41) is 0. The van der Waals surface area contributed by atoms with Gasteiger partial charge in [0.15, 0.2) is 4.87 Å². The van der Waals surface area contributed by atoms with Gasteiger partial charge in [0.1, 0.15) is 6.10 Å². The molecule has 0 saturated carbocycles. The first-order valence-electron chi connectivity index (χ1n) is 9.15. The van der Waals surface area contributed by atoms with Gasteiger partial charge in [-0.25, -0.2) is 4.98 Å². The van der Waals surface area contributed by atoms with Gasteiger partial charge in [-0.2, -0.15) is 0 Å². The quantitative estimate of drug-likeness (QED) is 0.818. The summed E-state index contributed by atoms with van der Waals surface area (Å²) in [6, 6.07) is 13.3. The fourth-order valence-electron chi connectivity index (χ4n) is 4.13. The standard InChI is InChI=1S/C20H19N3O3S/c24-18-8-10-20(23(18)15-5-1-2-6-16(15)27-20)19(25)22-12-9-14(13-22)26-17-7-3-4-11-21-17/h1-7,11,14H,8-10,12-13H2. The lowest BCUT2D eigenvalue weighted by Gasteiger charge is -2.33. The minimum absolute atomic E-state index is 0.0154. The van der Waals surface area contributed by atoms with Crippen LogP contribution in [0.2, 0.25) is 0 Å². The maximum atomic E-state index is 13.5. The molecule has 7 heteroatoms. The Bertz CT molecular complexity index is 906. The number of para-hydroxylation sites is 1. The smallest absolute Gasteiger partial charge is 0.259 e. The van der Waals surface area contributed by atoms with Crippen molar-refractivity contribution >= 4 is 29.3 Å². The van der Waals surface area contributed by atoms with Crippen molar-refractivity contribution in [3.8, 4) is 5.88 Å². The van der Waals surface area contributed by atoms with Gasteiger partial charge in [-0.1, -0.05) is 30.0 Å². The molecule has 0 N–H and O–H groups in total. The van der Waals surface area contributed by atoms with Crippen molar-refractivity contribution in [2.45, 2.75) is 35.1 Å². The van der Waals surface area contributed by atoms with E-state index in [1.54, 1.807) is 11.1 Å². The van der Waals surface area contributed by atoms with Gasteiger partial charge in [0.2, 0.25) is 11.8 Å². The molecule has 1 aromatic heterocycles. The number of carbonyl (C=O) groups is 2. The van der Waals surface area contributed by atoms with Crippen molar-refractivity contribution in [1.29, 1.82) is 0 Å². The third-order valence-electron chi connectivity index (χ3n) is 5.36. The normalized spacial score (nSPS) is 26.2. The first-order valence-corrected chi connectivity index (χ1v) is 9.97. The number of benzene rings is 1. The molecule has 0 radical (unpaired) electrons. The average Bonchev–Trinajstić information content (AvgIpc) is 3.37. The van der Waals surface area contributed by atoms with Gasteiger partial charge in [-0.15, -0.1) is 0 Å². The maximum Gasteiger partial charge on any atom is 0.259 e. The van der Waals surface area contributed by atoms with E-state index in [0.29, 0.717) is 31.8 Å².